The highest BCUT2D eigenvalue weighted by atomic mass is 32.2. The summed E-state index contributed by atoms with van der Waals surface area (Å²) in [5, 5.41) is 9.20. The van der Waals surface area contributed by atoms with Crippen LogP contribution in [0.4, 0.5) is 0 Å². The van der Waals surface area contributed by atoms with Crippen LogP contribution in [0.25, 0.3) is 0 Å². The average Bonchev–Trinajstić information content (AvgIpc) is 3.27. The fourth-order valence-electron chi connectivity index (χ4n) is 2.02. The van der Waals surface area contributed by atoms with Gasteiger partial charge in [-0.05, 0) is 43.5 Å². The van der Waals surface area contributed by atoms with E-state index in [1.807, 2.05) is 30.6 Å². The number of rotatable bonds is 8. The Hall–Kier alpha value is -1.69. The molecular weight excluding hydrogens is 286 g/mol. The second-order valence-corrected chi connectivity index (χ2v) is 6.04. The van der Waals surface area contributed by atoms with Crippen LogP contribution in [0, 0.1) is 0 Å². The molecule has 0 radical (unpaired) electrons. The molecule has 0 unspecified atom stereocenters. The van der Waals surface area contributed by atoms with Crippen molar-refractivity contribution in [3.8, 4) is 11.5 Å². The normalized spacial score (nSPS) is 14.1. The zero-order valence-electron chi connectivity index (χ0n) is 12.1. The molecule has 1 fully saturated rings. The Morgan fingerprint density at radius 1 is 1.24 bits per heavy atom. The highest BCUT2D eigenvalue weighted by molar-refractivity contribution is 7.99. The highest BCUT2D eigenvalue weighted by Crippen LogP contribution is 2.37. The van der Waals surface area contributed by atoms with E-state index >= 15 is 0 Å². The molecule has 1 aliphatic carbocycles. The zero-order chi connectivity index (χ0) is 14.5. The number of hydrogen-bond donors (Lipinski definition) is 0. The minimum absolute atomic E-state index is 0.637. The Bertz CT molecular complexity index is 567. The van der Waals surface area contributed by atoms with Crippen molar-refractivity contribution in [2.75, 3.05) is 19.5 Å². The van der Waals surface area contributed by atoms with Crippen molar-refractivity contribution < 1.29 is 9.47 Å². The Morgan fingerprint density at radius 3 is 2.71 bits per heavy atom. The van der Waals surface area contributed by atoms with E-state index in [9.17, 15) is 0 Å². The minimum atomic E-state index is 0.637. The van der Waals surface area contributed by atoms with Gasteiger partial charge in [0.15, 0.2) is 5.16 Å². The van der Waals surface area contributed by atoms with Gasteiger partial charge in [-0.25, -0.2) is 0 Å². The predicted octanol–water partition coefficient (Wildman–Crippen LogP) is 3.18. The summed E-state index contributed by atoms with van der Waals surface area (Å²) in [7, 11) is 1.66. The van der Waals surface area contributed by atoms with E-state index in [-0.39, 0.29) is 0 Å². The lowest BCUT2D eigenvalue weighted by molar-refractivity contribution is 0.318. The van der Waals surface area contributed by atoms with Crippen molar-refractivity contribution in [2.45, 2.75) is 30.5 Å². The van der Waals surface area contributed by atoms with Gasteiger partial charge in [0.25, 0.3) is 0 Å². The second kappa shape index (κ2) is 6.85. The van der Waals surface area contributed by atoms with Crippen LogP contribution in [0.3, 0.4) is 0 Å². The Kier molecular flexibility index (Phi) is 4.65. The summed E-state index contributed by atoms with van der Waals surface area (Å²) in [4.78, 5) is 0. The lowest BCUT2D eigenvalue weighted by Gasteiger charge is -2.07. The van der Waals surface area contributed by atoms with Gasteiger partial charge in [-0.2, -0.15) is 0 Å². The van der Waals surface area contributed by atoms with E-state index < -0.39 is 0 Å². The van der Waals surface area contributed by atoms with Gasteiger partial charge in [0.1, 0.15) is 17.8 Å². The first-order chi connectivity index (χ1) is 10.4. The van der Waals surface area contributed by atoms with E-state index in [0.29, 0.717) is 12.6 Å². The average molecular weight is 305 g/mol. The summed E-state index contributed by atoms with van der Waals surface area (Å²) in [6, 6.07) is 8.30. The van der Waals surface area contributed by atoms with Gasteiger partial charge in [0, 0.05) is 11.8 Å². The minimum Gasteiger partial charge on any atom is -0.497 e. The monoisotopic (exact) mass is 305 g/mol. The smallest absolute Gasteiger partial charge is 0.191 e. The van der Waals surface area contributed by atoms with E-state index in [1.165, 1.54) is 12.8 Å². The molecule has 1 heterocycles. The standard InChI is InChI=1S/C15H19N3O2S/c1-19-13-5-7-14(8-6-13)20-9-2-10-21-15-17-16-11-18(15)12-3-4-12/h5-8,11-12H,2-4,9-10H2,1H3. The van der Waals surface area contributed by atoms with Crippen LogP contribution >= 0.6 is 11.8 Å². The molecule has 0 N–H and O–H groups in total. The fraction of sp³-hybridized carbons (Fsp3) is 0.467. The number of thioether (sulfide) groups is 1. The van der Waals surface area contributed by atoms with E-state index in [1.54, 1.807) is 18.9 Å². The van der Waals surface area contributed by atoms with Crippen LogP contribution in [-0.2, 0) is 0 Å². The van der Waals surface area contributed by atoms with E-state index in [0.717, 1.165) is 28.8 Å². The van der Waals surface area contributed by atoms with E-state index in [2.05, 4.69) is 14.8 Å². The summed E-state index contributed by atoms with van der Waals surface area (Å²) >= 11 is 1.75. The number of hydrogen-bond acceptors (Lipinski definition) is 5. The molecule has 0 atom stereocenters. The van der Waals surface area contributed by atoms with Gasteiger partial charge in [-0.1, -0.05) is 11.8 Å². The summed E-state index contributed by atoms with van der Waals surface area (Å²) in [6.45, 7) is 0.705. The molecule has 0 saturated heterocycles. The number of methoxy groups -OCH3 is 1. The Morgan fingerprint density at radius 2 is 2.00 bits per heavy atom. The zero-order valence-corrected chi connectivity index (χ0v) is 12.9. The topological polar surface area (TPSA) is 49.2 Å². The van der Waals surface area contributed by atoms with Gasteiger partial charge in [-0.3, -0.25) is 0 Å². The van der Waals surface area contributed by atoms with Crippen molar-refractivity contribution >= 4 is 11.8 Å². The number of benzene rings is 1. The molecule has 2 aromatic rings. The van der Waals surface area contributed by atoms with Gasteiger partial charge >= 0.3 is 0 Å². The third-order valence-electron chi connectivity index (χ3n) is 3.33. The summed E-state index contributed by atoms with van der Waals surface area (Å²) in [5.41, 5.74) is 0. The first kappa shape index (κ1) is 14.3. The quantitative estimate of drug-likeness (QED) is 0.554. The first-order valence-electron chi connectivity index (χ1n) is 7.16. The first-order valence-corrected chi connectivity index (χ1v) is 8.14. The van der Waals surface area contributed by atoms with Crippen LogP contribution in [0.2, 0.25) is 0 Å². The number of nitrogens with zero attached hydrogens (tertiary/aromatic N) is 3. The van der Waals surface area contributed by atoms with Gasteiger partial charge in [0.2, 0.25) is 0 Å². The molecule has 1 saturated carbocycles. The fourth-order valence-corrected chi connectivity index (χ4v) is 2.92. The van der Waals surface area contributed by atoms with Crippen molar-refractivity contribution in [2.24, 2.45) is 0 Å². The molecule has 6 heteroatoms. The maximum absolute atomic E-state index is 5.70. The van der Waals surface area contributed by atoms with E-state index in [4.69, 9.17) is 9.47 Å². The van der Waals surface area contributed by atoms with Crippen molar-refractivity contribution in [3.63, 3.8) is 0 Å². The lowest BCUT2D eigenvalue weighted by atomic mass is 10.3. The molecule has 0 aliphatic heterocycles. The Labute approximate surface area is 128 Å². The number of ether oxygens (including phenoxy) is 2. The van der Waals surface area contributed by atoms with Crippen LogP contribution < -0.4 is 9.47 Å². The highest BCUT2D eigenvalue weighted by Gasteiger charge is 2.25. The molecule has 5 nitrogen and oxygen atoms in total. The molecule has 0 bridgehead atoms. The summed E-state index contributed by atoms with van der Waals surface area (Å²) in [5.74, 6) is 2.71. The van der Waals surface area contributed by atoms with Gasteiger partial charge in [-0.15, -0.1) is 10.2 Å². The third-order valence-corrected chi connectivity index (χ3v) is 4.37. The van der Waals surface area contributed by atoms with Crippen LogP contribution in [0.5, 0.6) is 11.5 Å². The Balaban J connectivity index is 1.37. The molecule has 112 valence electrons. The number of aromatic nitrogens is 3. The van der Waals surface area contributed by atoms with Crippen molar-refractivity contribution in [1.29, 1.82) is 0 Å². The van der Waals surface area contributed by atoms with Gasteiger partial charge in [0.05, 0.1) is 13.7 Å². The molecule has 1 aliphatic rings. The van der Waals surface area contributed by atoms with Crippen molar-refractivity contribution in [3.05, 3.63) is 30.6 Å². The molecule has 1 aromatic heterocycles. The second-order valence-electron chi connectivity index (χ2n) is 4.98. The molecule has 21 heavy (non-hydrogen) atoms. The van der Waals surface area contributed by atoms with Gasteiger partial charge < -0.3 is 14.0 Å². The summed E-state index contributed by atoms with van der Waals surface area (Å²) in [6.07, 6.45) is 5.33. The molecular formula is C15H19N3O2S. The molecule has 0 amide bonds. The van der Waals surface area contributed by atoms with Crippen LogP contribution in [0.15, 0.2) is 35.7 Å². The van der Waals surface area contributed by atoms with Crippen molar-refractivity contribution in [1.82, 2.24) is 14.8 Å². The molecule has 0 spiro atoms. The third kappa shape index (κ3) is 3.91. The SMILES string of the molecule is COc1ccc(OCCCSc2nncn2C2CC2)cc1. The summed E-state index contributed by atoms with van der Waals surface area (Å²) < 4.78 is 13.0. The lowest BCUT2D eigenvalue weighted by Crippen LogP contribution is -2.00. The molecule has 3 rings (SSSR count). The van der Waals surface area contributed by atoms with Crippen LogP contribution in [-0.4, -0.2) is 34.2 Å². The maximum atomic E-state index is 5.70. The largest absolute Gasteiger partial charge is 0.497 e. The maximum Gasteiger partial charge on any atom is 0.191 e. The van der Waals surface area contributed by atoms with Crippen LogP contribution in [0.1, 0.15) is 25.3 Å². The predicted molar refractivity (Wildman–Crippen MR) is 82.1 cm³/mol. The molecule has 1 aromatic carbocycles.